The highest BCUT2D eigenvalue weighted by atomic mass is 19.1. The largest absolute Gasteiger partial charge is 0.494 e. The molecule has 0 aromatic carbocycles. The summed E-state index contributed by atoms with van der Waals surface area (Å²) in [5, 5.41) is 4.09. The second kappa shape index (κ2) is 10.1. The number of hydrogen-bond acceptors (Lipinski definition) is 6. The van der Waals surface area contributed by atoms with E-state index in [0.29, 0.717) is 12.4 Å². The minimum Gasteiger partial charge on any atom is -0.494 e. The molecular weight excluding hydrogens is 435 g/mol. The highest BCUT2D eigenvalue weighted by molar-refractivity contribution is 5.77. The number of aromatic nitrogens is 2. The van der Waals surface area contributed by atoms with Crippen LogP contribution in [0.2, 0.25) is 0 Å². The monoisotopic (exact) mass is 472 g/mol. The maximum Gasteiger partial charge on any atom is 0.324 e. The molecule has 0 N–H and O–H groups in total. The average Bonchev–Trinajstić information content (AvgIpc) is 3.40. The van der Waals surface area contributed by atoms with Gasteiger partial charge in [0.05, 0.1) is 19.7 Å². The van der Waals surface area contributed by atoms with Gasteiger partial charge in [-0.05, 0) is 67.9 Å². The third-order valence-electron chi connectivity index (χ3n) is 7.88. The van der Waals surface area contributed by atoms with Crippen LogP contribution >= 0.6 is 0 Å². The molecule has 1 saturated carbocycles. The first-order chi connectivity index (χ1) is 16.5. The van der Waals surface area contributed by atoms with Crippen LogP contribution in [0.25, 0.3) is 0 Å². The molecule has 0 spiro atoms. The van der Waals surface area contributed by atoms with Crippen LogP contribution in [0.3, 0.4) is 0 Å². The normalized spacial score (nSPS) is 27.6. The van der Waals surface area contributed by atoms with Gasteiger partial charge in [0.15, 0.2) is 5.82 Å². The number of carbonyl (C=O) groups is 1. The first-order valence-corrected chi connectivity index (χ1v) is 13.0. The third kappa shape index (κ3) is 5.47. The molecule has 8 heteroatoms. The molecule has 4 aliphatic rings. The van der Waals surface area contributed by atoms with Crippen molar-refractivity contribution in [3.8, 4) is 0 Å². The Morgan fingerprint density at radius 3 is 2.74 bits per heavy atom. The number of allylic oxidation sites excluding steroid dienone is 3. The van der Waals surface area contributed by atoms with Gasteiger partial charge in [-0.15, -0.1) is 0 Å². The van der Waals surface area contributed by atoms with E-state index in [0.717, 1.165) is 61.9 Å². The molecule has 186 valence electrons. The molecule has 7 nitrogen and oxygen atoms in total. The van der Waals surface area contributed by atoms with Crippen molar-refractivity contribution < 1.29 is 18.4 Å². The lowest BCUT2D eigenvalue weighted by Crippen LogP contribution is -2.51. The first kappa shape index (κ1) is 23.4. The van der Waals surface area contributed by atoms with Crippen LogP contribution in [0.15, 0.2) is 28.5 Å². The lowest BCUT2D eigenvalue weighted by atomic mass is 9.90. The standard InChI is InChI=1S/C26H37FN4O3/c1-17(2)25-28-26(34-29-25)30-10-7-19(8-11-30)23-14-20(23)9-12-33-22-5-3-18(4-6-22)13-24(32)31-15-21(27)16-31/h3,5-6,17-21,23H,4,7-16H2,1-2H3/t18?,20-,23-/m1/s1. The molecule has 3 fully saturated rings. The van der Waals surface area contributed by atoms with E-state index >= 15 is 0 Å². The van der Waals surface area contributed by atoms with Crippen LogP contribution in [-0.2, 0) is 9.53 Å². The van der Waals surface area contributed by atoms with Crippen LogP contribution in [0.5, 0.6) is 0 Å². The number of ether oxygens (including phenoxy) is 1. The van der Waals surface area contributed by atoms with Gasteiger partial charge in [0, 0.05) is 25.4 Å². The van der Waals surface area contributed by atoms with Gasteiger partial charge in [-0.1, -0.05) is 25.1 Å². The zero-order chi connectivity index (χ0) is 23.7. The number of amides is 1. The molecular formula is C26H37FN4O3. The number of hydrogen-bond donors (Lipinski definition) is 0. The van der Waals surface area contributed by atoms with Crippen LogP contribution in [0, 0.1) is 23.7 Å². The number of likely N-dealkylation sites (tertiary alicyclic amines) is 1. The fourth-order valence-corrected chi connectivity index (χ4v) is 5.50. The zero-order valence-electron chi connectivity index (χ0n) is 20.4. The van der Waals surface area contributed by atoms with Gasteiger partial charge in [-0.25, -0.2) is 4.39 Å². The Morgan fingerprint density at radius 2 is 2.09 bits per heavy atom. The van der Waals surface area contributed by atoms with Gasteiger partial charge in [-0.3, -0.25) is 4.79 Å². The smallest absolute Gasteiger partial charge is 0.324 e. The summed E-state index contributed by atoms with van der Waals surface area (Å²) in [5.41, 5.74) is 0. The Bertz CT molecular complexity index is 915. The summed E-state index contributed by atoms with van der Waals surface area (Å²) in [4.78, 5) is 20.5. The Balaban J connectivity index is 0.962. The minimum absolute atomic E-state index is 0.0596. The summed E-state index contributed by atoms with van der Waals surface area (Å²) in [6.07, 6.45) is 11.4. The summed E-state index contributed by atoms with van der Waals surface area (Å²) in [6, 6.07) is 0.678. The molecule has 34 heavy (non-hydrogen) atoms. The number of nitrogens with zero attached hydrogens (tertiary/aromatic N) is 4. The predicted molar refractivity (Wildman–Crippen MR) is 127 cm³/mol. The van der Waals surface area contributed by atoms with Crippen LogP contribution in [0.4, 0.5) is 10.4 Å². The summed E-state index contributed by atoms with van der Waals surface area (Å²) >= 11 is 0. The summed E-state index contributed by atoms with van der Waals surface area (Å²) in [7, 11) is 0. The van der Waals surface area contributed by atoms with Crippen molar-refractivity contribution in [2.45, 2.75) is 64.5 Å². The summed E-state index contributed by atoms with van der Waals surface area (Å²) in [5.74, 6) is 4.65. The van der Waals surface area contributed by atoms with E-state index in [1.54, 1.807) is 4.90 Å². The molecule has 1 unspecified atom stereocenters. The third-order valence-corrected chi connectivity index (χ3v) is 7.88. The summed E-state index contributed by atoms with van der Waals surface area (Å²) < 4.78 is 24.4. The molecule has 2 aliphatic carbocycles. The predicted octanol–water partition coefficient (Wildman–Crippen LogP) is 4.48. The fourth-order valence-electron chi connectivity index (χ4n) is 5.50. The Hall–Kier alpha value is -2.38. The van der Waals surface area contributed by atoms with E-state index in [4.69, 9.17) is 9.26 Å². The zero-order valence-corrected chi connectivity index (χ0v) is 20.4. The molecule has 1 aromatic rings. The van der Waals surface area contributed by atoms with Crippen molar-refractivity contribution >= 4 is 11.9 Å². The Morgan fingerprint density at radius 1 is 1.29 bits per heavy atom. The van der Waals surface area contributed by atoms with Crippen molar-refractivity contribution in [3.63, 3.8) is 0 Å². The Kier molecular flexibility index (Phi) is 6.93. The molecule has 1 amide bonds. The fraction of sp³-hybridized carbons (Fsp3) is 0.731. The van der Waals surface area contributed by atoms with Crippen molar-refractivity contribution in [3.05, 3.63) is 29.8 Å². The van der Waals surface area contributed by atoms with E-state index in [1.165, 1.54) is 19.3 Å². The number of alkyl halides is 1. The topological polar surface area (TPSA) is 71.7 Å². The average molecular weight is 473 g/mol. The first-order valence-electron chi connectivity index (χ1n) is 13.0. The number of carbonyl (C=O) groups excluding carboxylic acids is 1. The highest BCUT2D eigenvalue weighted by Crippen LogP contribution is 2.50. The highest BCUT2D eigenvalue weighted by Gasteiger charge is 2.43. The lowest BCUT2D eigenvalue weighted by molar-refractivity contribution is -0.138. The van der Waals surface area contributed by atoms with E-state index in [2.05, 4.69) is 41.0 Å². The second-order valence-corrected chi connectivity index (χ2v) is 10.8. The Labute approximate surface area is 201 Å². The van der Waals surface area contributed by atoms with Crippen molar-refractivity contribution in [2.24, 2.45) is 23.7 Å². The molecule has 2 aliphatic heterocycles. The maximum atomic E-state index is 12.9. The number of rotatable bonds is 9. The summed E-state index contributed by atoms with van der Waals surface area (Å²) in [6.45, 7) is 7.44. The minimum atomic E-state index is -0.834. The van der Waals surface area contributed by atoms with Gasteiger partial charge in [0.25, 0.3) is 0 Å². The molecule has 3 heterocycles. The molecule has 1 aromatic heterocycles. The van der Waals surface area contributed by atoms with Crippen molar-refractivity contribution in [2.75, 3.05) is 37.7 Å². The lowest BCUT2D eigenvalue weighted by Gasteiger charge is -2.35. The second-order valence-electron chi connectivity index (χ2n) is 10.8. The van der Waals surface area contributed by atoms with Gasteiger partial charge in [0.1, 0.15) is 11.9 Å². The van der Waals surface area contributed by atoms with Crippen molar-refractivity contribution in [1.82, 2.24) is 15.0 Å². The van der Waals surface area contributed by atoms with Crippen LogP contribution < -0.4 is 4.90 Å². The molecule has 5 rings (SSSR count). The van der Waals surface area contributed by atoms with E-state index in [9.17, 15) is 9.18 Å². The molecule has 2 saturated heterocycles. The van der Waals surface area contributed by atoms with E-state index in [-0.39, 0.29) is 30.8 Å². The molecule has 3 atom stereocenters. The van der Waals surface area contributed by atoms with Crippen LogP contribution in [-0.4, -0.2) is 59.9 Å². The van der Waals surface area contributed by atoms with Gasteiger partial charge in [0.2, 0.25) is 5.91 Å². The van der Waals surface area contributed by atoms with Crippen LogP contribution in [0.1, 0.15) is 64.1 Å². The number of anilines is 1. The van der Waals surface area contributed by atoms with E-state index < -0.39 is 6.17 Å². The van der Waals surface area contributed by atoms with Gasteiger partial charge >= 0.3 is 6.01 Å². The molecule has 0 bridgehead atoms. The quantitative estimate of drug-likeness (QED) is 0.528. The molecule has 0 radical (unpaired) electrons. The van der Waals surface area contributed by atoms with E-state index in [1.807, 2.05) is 6.08 Å². The number of halogens is 1. The maximum absolute atomic E-state index is 12.9. The number of piperidine rings is 1. The van der Waals surface area contributed by atoms with Gasteiger partial charge < -0.3 is 19.1 Å². The SMILES string of the molecule is CC(C)c1noc(N2CCC([C@H]3C[C@H]3CCOC3=CCC(CC(=O)N4CC(F)C4)C=C3)CC2)n1. The van der Waals surface area contributed by atoms with Gasteiger partial charge in [-0.2, -0.15) is 4.98 Å². The van der Waals surface area contributed by atoms with Crippen molar-refractivity contribution in [1.29, 1.82) is 0 Å².